The Hall–Kier alpha value is -4.40. The first-order chi connectivity index (χ1) is 18.0. The molecule has 5 aromatic rings. The average molecular weight is 529 g/mol. The molecule has 1 aliphatic rings. The number of ketones is 1. The predicted molar refractivity (Wildman–Crippen MR) is 141 cm³/mol. The van der Waals surface area contributed by atoms with Gasteiger partial charge in [-0.15, -0.1) is 0 Å². The Balaban J connectivity index is 1.48. The third kappa shape index (κ3) is 4.16. The molecule has 6 rings (SSSR count). The number of aromatic nitrogens is 1. The molecule has 1 amide bonds. The summed E-state index contributed by atoms with van der Waals surface area (Å²) in [5, 5.41) is 11.8. The Bertz CT molecular complexity index is 1680. The third-order valence-electron chi connectivity index (χ3n) is 5.90. The first-order valence-corrected chi connectivity index (χ1v) is 12.4. The number of rotatable bonds is 6. The first-order valence-electron chi connectivity index (χ1n) is 11.2. The van der Waals surface area contributed by atoms with Crippen molar-refractivity contribution in [3.05, 3.63) is 119 Å². The number of aliphatic hydroxyl groups excluding tert-OH is 1. The summed E-state index contributed by atoms with van der Waals surface area (Å²) in [4.78, 5) is 32.8. The van der Waals surface area contributed by atoms with Gasteiger partial charge in [0.25, 0.3) is 5.91 Å². The normalized spacial score (nSPS) is 15.5. The summed E-state index contributed by atoms with van der Waals surface area (Å²) < 4.78 is 12.1. The molecule has 0 radical (unpaired) electrons. The molecule has 182 valence electrons. The summed E-state index contributed by atoms with van der Waals surface area (Å²) in [7, 11) is 0. The van der Waals surface area contributed by atoms with Crippen LogP contribution in [0, 0.1) is 0 Å². The van der Waals surface area contributed by atoms with Gasteiger partial charge < -0.3 is 14.3 Å². The summed E-state index contributed by atoms with van der Waals surface area (Å²) in [5.74, 6) is -0.843. The molecule has 0 aliphatic carbocycles. The van der Waals surface area contributed by atoms with Crippen LogP contribution in [0.2, 0.25) is 5.02 Å². The van der Waals surface area contributed by atoms with Crippen LogP contribution in [0.5, 0.6) is 11.5 Å². The average Bonchev–Trinajstić information content (AvgIpc) is 3.63. The van der Waals surface area contributed by atoms with Gasteiger partial charge in [0.05, 0.1) is 28.1 Å². The molecular weight excluding hydrogens is 512 g/mol. The zero-order chi connectivity index (χ0) is 25.5. The van der Waals surface area contributed by atoms with Gasteiger partial charge in [-0.3, -0.25) is 14.5 Å². The monoisotopic (exact) mass is 528 g/mol. The van der Waals surface area contributed by atoms with Crippen molar-refractivity contribution in [1.29, 1.82) is 0 Å². The fourth-order valence-electron chi connectivity index (χ4n) is 4.25. The number of carbonyl (C=O) groups excluding carboxylic acids is 2. The molecule has 1 unspecified atom stereocenters. The number of ether oxygens (including phenoxy) is 1. The number of Topliss-reactive ketones (excluding diaryl/α,β-unsaturated/α-hetero) is 1. The van der Waals surface area contributed by atoms with Gasteiger partial charge in [-0.05, 0) is 60.2 Å². The summed E-state index contributed by atoms with van der Waals surface area (Å²) in [6.07, 6.45) is 1.36. The molecule has 1 atom stereocenters. The number of nitrogens with zero attached hydrogens (tertiary/aromatic N) is 2. The summed E-state index contributed by atoms with van der Waals surface area (Å²) in [6.45, 7) is 0. The van der Waals surface area contributed by atoms with Crippen molar-refractivity contribution in [2.45, 2.75) is 6.04 Å². The highest BCUT2D eigenvalue weighted by atomic mass is 35.5. The molecule has 2 aromatic heterocycles. The lowest BCUT2D eigenvalue weighted by molar-refractivity contribution is -0.117. The molecule has 1 aliphatic heterocycles. The van der Waals surface area contributed by atoms with E-state index in [4.69, 9.17) is 20.8 Å². The first kappa shape index (κ1) is 23.0. The van der Waals surface area contributed by atoms with Gasteiger partial charge >= 0.3 is 0 Å². The van der Waals surface area contributed by atoms with Crippen LogP contribution in [0.1, 0.15) is 22.2 Å². The zero-order valence-corrected chi connectivity index (χ0v) is 20.6. The van der Waals surface area contributed by atoms with Crippen LogP contribution in [-0.4, -0.2) is 21.8 Å². The summed E-state index contributed by atoms with van der Waals surface area (Å²) in [6, 6.07) is 23.6. The SMILES string of the molecule is O=C(C1=C(O)C(=O)N(c2nc3ccc(Cl)cc3s2)C1c1cccc(Oc2ccccc2)c1)c1ccco1. The maximum atomic E-state index is 13.5. The molecule has 0 saturated carbocycles. The van der Waals surface area contributed by atoms with Gasteiger partial charge in [0.2, 0.25) is 5.78 Å². The standard InChI is InChI=1S/C28H17ClN2O5S/c29-17-11-12-20-22(15-17)37-28(30-20)31-24(23(26(33)27(31)34)25(32)21-10-5-13-35-21)16-6-4-9-19(14-16)36-18-7-2-1-3-8-18/h1-15,24,33H. The molecule has 3 heterocycles. The highest BCUT2D eigenvalue weighted by Gasteiger charge is 2.46. The topological polar surface area (TPSA) is 92.9 Å². The van der Waals surface area contributed by atoms with Crippen LogP contribution in [0.3, 0.4) is 0 Å². The molecule has 1 N–H and O–H groups in total. The zero-order valence-electron chi connectivity index (χ0n) is 19.0. The van der Waals surface area contributed by atoms with Crippen LogP contribution in [0.15, 0.2) is 107 Å². The highest BCUT2D eigenvalue weighted by Crippen LogP contribution is 2.45. The van der Waals surface area contributed by atoms with Gasteiger partial charge in [-0.2, -0.15) is 0 Å². The van der Waals surface area contributed by atoms with Crippen LogP contribution < -0.4 is 9.64 Å². The van der Waals surface area contributed by atoms with E-state index in [2.05, 4.69) is 4.98 Å². The number of hydrogen-bond donors (Lipinski definition) is 1. The number of furan rings is 1. The Labute approximate surface area is 219 Å². The molecule has 9 heteroatoms. The van der Waals surface area contributed by atoms with Crippen molar-refractivity contribution < 1.29 is 23.8 Å². The number of aliphatic hydroxyl groups is 1. The maximum absolute atomic E-state index is 13.5. The molecule has 3 aromatic carbocycles. The number of para-hydroxylation sites is 1. The van der Waals surface area contributed by atoms with E-state index in [9.17, 15) is 14.7 Å². The number of amides is 1. The van der Waals surface area contributed by atoms with E-state index in [0.717, 1.165) is 4.70 Å². The van der Waals surface area contributed by atoms with Crippen LogP contribution in [0.25, 0.3) is 10.2 Å². The molecule has 0 saturated heterocycles. The number of hydrogen-bond acceptors (Lipinski definition) is 7. The minimum Gasteiger partial charge on any atom is -0.503 e. The van der Waals surface area contributed by atoms with Crippen LogP contribution >= 0.6 is 22.9 Å². The van der Waals surface area contributed by atoms with E-state index in [1.54, 1.807) is 48.5 Å². The number of carbonyl (C=O) groups is 2. The van der Waals surface area contributed by atoms with Crippen molar-refractivity contribution >= 4 is 50.0 Å². The number of thiazole rings is 1. The Morgan fingerprint density at radius 3 is 2.59 bits per heavy atom. The molecule has 0 bridgehead atoms. The largest absolute Gasteiger partial charge is 0.503 e. The van der Waals surface area contributed by atoms with Crippen molar-refractivity contribution in [3.8, 4) is 11.5 Å². The summed E-state index contributed by atoms with van der Waals surface area (Å²) in [5.41, 5.74) is 1.09. The predicted octanol–water partition coefficient (Wildman–Crippen LogP) is 7.12. The second-order valence-electron chi connectivity index (χ2n) is 8.24. The Morgan fingerprint density at radius 2 is 1.81 bits per heavy atom. The minimum absolute atomic E-state index is 0.00831. The quantitative estimate of drug-likeness (QED) is 0.236. The van der Waals surface area contributed by atoms with Gasteiger partial charge in [0.1, 0.15) is 11.5 Å². The molecule has 7 nitrogen and oxygen atoms in total. The highest BCUT2D eigenvalue weighted by molar-refractivity contribution is 7.22. The van der Waals surface area contributed by atoms with Gasteiger partial charge in [-0.1, -0.05) is 53.3 Å². The second-order valence-corrected chi connectivity index (χ2v) is 9.69. The van der Waals surface area contributed by atoms with Crippen molar-refractivity contribution in [3.63, 3.8) is 0 Å². The summed E-state index contributed by atoms with van der Waals surface area (Å²) >= 11 is 7.39. The van der Waals surface area contributed by atoms with Crippen molar-refractivity contribution in [2.75, 3.05) is 4.90 Å². The lowest BCUT2D eigenvalue weighted by atomic mass is 9.95. The van der Waals surface area contributed by atoms with Crippen molar-refractivity contribution in [2.24, 2.45) is 0 Å². The minimum atomic E-state index is -0.972. The van der Waals surface area contributed by atoms with E-state index in [1.165, 1.54) is 28.6 Å². The number of fused-ring (bicyclic) bond motifs is 1. The van der Waals surface area contributed by atoms with Gasteiger partial charge in [0.15, 0.2) is 16.7 Å². The van der Waals surface area contributed by atoms with Gasteiger partial charge in [-0.25, -0.2) is 4.98 Å². The van der Waals surface area contributed by atoms with E-state index < -0.39 is 23.5 Å². The number of anilines is 1. The molecule has 0 spiro atoms. The number of halogens is 1. The van der Waals surface area contributed by atoms with Gasteiger partial charge in [0, 0.05) is 5.02 Å². The van der Waals surface area contributed by atoms with Crippen molar-refractivity contribution in [1.82, 2.24) is 4.98 Å². The third-order valence-corrected chi connectivity index (χ3v) is 7.15. The smallest absolute Gasteiger partial charge is 0.296 e. The fourth-order valence-corrected chi connectivity index (χ4v) is 5.52. The van der Waals surface area contributed by atoms with E-state index in [0.29, 0.717) is 32.7 Å². The molecule has 37 heavy (non-hydrogen) atoms. The van der Waals surface area contributed by atoms with Crippen LogP contribution in [-0.2, 0) is 4.79 Å². The van der Waals surface area contributed by atoms with E-state index in [1.807, 2.05) is 30.3 Å². The lowest BCUT2D eigenvalue weighted by Gasteiger charge is -2.24. The lowest BCUT2D eigenvalue weighted by Crippen LogP contribution is -2.31. The number of benzene rings is 3. The Kier molecular flexibility index (Phi) is 5.75. The molecular formula is C28H17ClN2O5S. The maximum Gasteiger partial charge on any atom is 0.296 e. The second kappa shape index (κ2) is 9.24. The fraction of sp³-hybridized carbons (Fsp3) is 0.0357. The van der Waals surface area contributed by atoms with E-state index >= 15 is 0 Å². The Morgan fingerprint density at radius 1 is 1.00 bits per heavy atom. The van der Waals surface area contributed by atoms with E-state index in [-0.39, 0.29) is 11.3 Å². The van der Waals surface area contributed by atoms with Crippen LogP contribution in [0.4, 0.5) is 5.13 Å². The molecule has 0 fully saturated rings.